The third-order valence-electron chi connectivity index (χ3n) is 6.52. The van der Waals surface area contributed by atoms with Gasteiger partial charge >= 0.3 is 0 Å². The first kappa shape index (κ1) is 25.6. The number of unbranched alkanes of at least 4 members (excludes halogenated alkanes) is 9. The van der Waals surface area contributed by atoms with E-state index in [2.05, 4.69) is 6.92 Å². The molecule has 0 saturated heterocycles. The van der Waals surface area contributed by atoms with Gasteiger partial charge in [0.2, 0.25) is 0 Å². The van der Waals surface area contributed by atoms with E-state index in [9.17, 15) is 13.2 Å². The second kappa shape index (κ2) is 13.0. The Morgan fingerprint density at radius 3 is 2.09 bits per heavy atom. The molecule has 0 aliphatic heterocycles. The van der Waals surface area contributed by atoms with Crippen molar-refractivity contribution < 1.29 is 17.4 Å². The standard InChI is InChI=1S/C28H38O4S/c1-2-3-4-5-6-7-8-9-10-11-14-23-17-20-25(21-18-23)33(30,31)32-27-22-19-24-15-12-13-16-26(24)28(27)29/h12-13,15-18,20-21,27H,2-11,14,19,22H2,1H3. The maximum Gasteiger partial charge on any atom is 0.297 e. The minimum absolute atomic E-state index is 0.112. The van der Waals surface area contributed by atoms with Gasteiger partial charge in [-0.2, -0.15) is 8.42 Å². The Kier molecular flexibility index (Phi) is 10.1. The summed E-state index contributed by atoms with van der Waals surface area (Å²) >= 11 is 0. The van der Waals surface area contributed by atoms with Crippen LogP contribution in [0.3, 0.4) is 0 Å². The third kappa shape index (κ3) is 7.79. The number of hydrogen-bond donors (Lipinski definition) is 0. The Balaban J connectivity index is 1.41. The van der Waals surface area contributed by atoms with Crippen LogP contribution < -0.4 is 0 Å². The summed E-state index contributed by atoms with van der Waals surface area (Å²) in [5.41, 5.74) is 2.66. The van der Waals surface area contributed by atoms with Crippen LogP contribution in [0, 0.1) is 0 Å². The molecule has 0 bridgehead atoms. The van der Waals surface area contributed by atoms with Crippen molar-refractivity contribution in [3.63, 3.8) is 0 Å². The third-order valence-corrected chi connectivity index (χ3v) is 7.86. The smallest absolute Gasteiger partial charge is 0.291 e. The number of benzene rings is 2. The Morgan fingerprint density at radius 2 is 1.42 bits per heavy atom. The number of aryl methyl sites for hydroxylation is 2. The molecule has 4 nitrogen and oxygen atoms in total. The van der Waals surface area contributed by atoms with Crippen LogP contribution >= 0.6 is 0 Å². The van der Waals surface area contributed by atoms with E-state index in [-0.39, 0.29) is 10.7 Å². The number of fused-ring (bicyclic) bond motifs is 1. The summed E-state index contributed by atoms with van der Waals surface area (Å²) in [4.78, 5) is 12.8. The fourth-order valence-corrected chi connectivity index (χ4v) is 5.58. The van der Waals surface area contributed by atoms with Crippen molar-refractivity contribution in [2.24, 2.45) is 0 Å². The summed E-state index contributed by atoms with van der Waals surface area (Å²) < 4.78 is 30.8. The van der Waals surface area contributed by atoms with Gasteiger partial charge in [-0.3, -0.25) is 8.98 Å². The fraction of sp³-hybridized carbons (Fsp3) is 0.536. The lowest BCUT2D eigenvalue weighted by atomic mass is 9.89. The maximum atomic E-state index is 12.7. The van der Waals surface area contributed by atoms with Crippen LogP contribution in [0.2, 0.25) is 0 Å². The highest BCUT2D eigenvalue weighted by atomic mass is 32.2. The van der Waals surface area contributed by atoms with Crippen molar-refractivity contribution in [3.8, 4) is 0 Å². The molecule has 2 aromatic carbocycles. The zero-order chi connectivity index (χ0) is 23.5. The highest BCUT2D eigenvalue weighted by molar-refractivity contribution is 7.86. The van der Waals surface area contributed by atoms with Gasteiger partial charge in [0.05, 0.1) is 4.90 Å². The van der Waals surface area contributed by atoms with E-state index in [0.717, 1.165) is 24.0 Å². The van der Waals surface area contributed by atoms with E-state index >= 15 is 0 Å². The predicted molar refractivity (Wildman–Crippen MR) is 133 cm³/mol. The van der Waals surface area contributed by atoms with Crippen molar-refractivity contribution in [2.75, 3.05) is 0 Å². The second-order valence-corrected chi connectivity index (χ2v) is 10.7. The molecule has 0 spiro atoms. The molecule has 1 atom stereocenters. The highest BCUT2D eigenvalue weighted by Gasteiger charge is 2.32. The fourth-order valence-electron chi connectivity index (χ4n) is 4.51. The molecule has 0 radical (unpaired) electrons. The normalized spacial score (nSPS) is 16.0. The molecular weight excluding hydrogens is 432 g/mol. The zero-order valence-corrected chi connectivity index (χ0v) is 20.7. The van der Waals surface area contributed by atoms with Crippen LogP contribution in [0.1, 0.15) is 99.0 Å². The molecule has 5 heteroatoms. The van der Waals surface area contributed by atoms with E-state index in [1.807, 2.05) is 24.3 Å². The second-order valence-electron chi connectivity index (χ2n) is 9.17. The summed E-state index contributed by atoms with van der Waals surface area (Å²) in [7, 11) is -3.98. The number of carbonyl (C=O) groups is 1. The molecule has 0 saturated carbocycles. The van der Waals surface area contributed by atoms with E-state index in [4.69, 9.17) is 4.18 Å². The Morgan fingerprint density at radius 1 is 0.818 bits per heavy atom. The van der Waals surface area contributed by atoms with E-state index in [1.54, 1.807) is 24.3 Å². The minimum Gasteiger partial charge on any atom is -0.291 e. The largest absolute Gasteiger partial charge is 0.297 e. The van der Waals surface area contributed by atoms with E-state index in [0.29, 0.717) is 18.4 Å². The van der Waals surface area contributed by atoms with Crippen molar-refractivity contribution in [1.29, 1.82) is 0 Å². The first-order valence-electron chi connectivity index (χ1n) is 12.7. The van der Waals surface area contributed by atoms with Crippen LogP contribution in [0.5, 0.6) is 0 Å². The number of rotatable bonds is 14. The maximum absolute atomic E-state index is 12.7. The van der Waals surface area contributed by atoms with Crippen LogP contribution in [0.15, 0.2) is 53.4 Å². The van der Waals surface area contributed by atoms with Gasteiger partial charge < -0.3 is 0 Å². The van der Waals surface area contributed by atoms with Crippen molar-refractivity contribution in [3.05, 3.63) is 65.2 Å². The lowest BCUT2D eigenvalue weighted by Gasteiger charge is -2.23. The van der Waals surface area contributed by atoms with Gasteiger partial charge in [-0.15, -0.1) is 0 Å². The molecule has 1 aliphatic rings. The highest BCUT2D eigenvalue weighted by Crippen LogP contribution is 2.26. The molecule has 2 aromatic rings. The summed E-state index contributed by atoms with van der Waals surface area (Å²) in [5.74, 6) is -0.252. The molecule has 0 aromatic heterocycles. The molecule has 0 amide bonds. The number of Topliss-reactive ketones (excluding diaryl/α,β-unsaturated/α-hetero) is 1. The summed E-state index contributed by atoms with van der Waals surface area (Å²) in [5, 5.41) is 0. The summed E-state index contributed by atoms with van der Waals surface area (Å²) in [6.45, 7) is 2.25. The van der Waals surface area contributed by atoms with Crippen molar-refractivity contribution in [2.45, 2.75) is 101 Å². The minimum atomic E-state index is -3.98. The first-order valence-corrected chi connectivity index (χ1v) is 14.1. The molecule has 1 unspecified atom stereocenters. The lowest BCUT2D eigenvalue weighted by Crippen LogP contribution is -2.32. The predicted octanol–water partition coefficient (Wildman–Crippen LogP) is 7.05. The zero-order valence-electron chi connectivity index (χ0n) is 19.9. The molecule has 0 heterocycles. The van der Waals surface area contributed by atoms with Gasteiger partial charge in [-0.05, 0) is 48.9 Å². The number of ketones is 1. The SMILES string of the molecule is CCCCCCCCCCCCc1ccc(S(=O)(=O)OC2CCc3ccccc3C2=O)cc1. The molecule has 0 N–H and O–H groups in total. The average Bonchev–Trinajstić information content (AvgIpc) is 2.82. The van der Waals surface area contributed by atoms with Crippen LogP contribution in [-0.2, 0) is 27.1 Å². The Bertz CT molecular complexity index is 979. The van der Waals surface area contributed by atoms with Gasteiger partial charge in [0, 0.05) is 5.56 Å². The lowest BCUT2D eigenvalue weighted by molar-refractivity contribution is 0.0772. The first-order chi connectivity index (χ1) is 16.0. The van der Waals surface area contributed by atoms with Crippen LogP contribution in [-0.4, -0.2) is 20.3 Å². The Labute approximate surface area is 199 Å². The van der Waals surface area contributed by atoms with Crippen molar-refractivity contribution in [1.82, 2.24) is 0 Å². The number of hydrogen-bond acceptors (Lipinski definition) is 4. The molecule has 180 valence electrons. The summed E-state index contributed by atoms with van der Waals surface area (Å²) in [6.07, 6.45) is 14.0. The quantitative estimate of drug-likeness (QED) is 0.219. The van der Waals surface area contributed by atoms with Gasteiger partial charge in [0.15, 0.2) is 5.78 Å². The Hall–Kier alpha value is -1.98. The van der Waals surface area contributed by atoms with Gasteiger partial charge in [-0.25, -0.2) is 0 Å². The topological polar surface area (TPSA) is 60.4 Å². The molecule has 33 heavy (non-hydrogen) atoms. The number of carbonyl (C=O) groups excluding carboxylic acids is 1. The van der Waals surface area contributed by atoms with Crippen LogP contribution in [0.4, 0.5) is 0 Å². The van der Waals surface area contributed by atoms with Gasteiger partial charge in [-0.1, -0.05) is 101 Å². The van der Waals surface area contributed by atoms with Crippen LogP contribution in [0.25, 0.3) is 0 Å². The molecule has 0 fully saturated rings. The molecule has 3 rings (SSSR count). The van der Waals surface area contributed by atoms with Crippen molar-refractivity contribution >= 4 is 15.9 Å². The van der Waals surface area contributed by atoms with Gasteiger partial charge in [0.1, 0.15) is 6.10 Å². The van der Waals surface area contributed by atoms with E-state index in [1.165, 1.54) is 57.8 Å². The van der Waals surface area contributed by atoms with E-state index < -0.39 is 16.2 Å². The summed E-state index contributed by atoms with van der Waals surface area (Å²) in [6, 6.07) is 14.3. The molecule has 1 aliphatic carbocycles. The average molecular weight is 471 g/mol. The molecular formula is C28H38O4S. The monoisotopic (exact) mass is 470 g/mol. The van der Waals surface area contributed by atoms with Gasteiger partial charge in [0.25, 0.3) is 10.1 Å².